The summed E-state index contributed by atoms with van der Waals surface area (Å²) in [5, 5.41) is 0. The van der Waals surface area contributed by atoms with Crippen LogP contribution in [-0.2, 0) is 9.47 Å². The molecule has 0 spiro atoms. The molecule has 0 saturated carbocycles. The van der Waals surface area contributed by atoms with Crippen molar-refractivity contribution in [2.45, 2.75) is 33.0 Å². The highest BCUT2D eigenvalue weighted by molar-refractivity contribution is 5.41. The van der Waals surface area contributed by atoms with Crippen molar-refractivity contribution in [1.29, 1.82) is 0 Å². The van der Waals surface area contributed by atoms with Crippen LogP contribution in [0.3, 0.4) is 0 Å². The van der Waals surface area contributed by atoms with Gasteiger partial charge in [-0.3, -0.25) is 0 Å². The monoisotopic (exact) mass is 223 g/mol. The Morgan fingerprint density at radius 1 is 1.12 bits per heavy atom. The highest BCUT2D eigenvalue weighted by atomic mass is 16.5. The van der Waals surface area contributed by atoms with Crippen LogP contribution in [0.4, 0.5) is 5.69 Å². The molecule has 0 aliphatic carbocycles. The Morgan fingerprint density at radius 3 is 2.44 bits per heavy atom. The average molecular weight is 223 g/mol. The van der Waals surface area contributed by atoms with Gasteiger partial charge >= 0.3 is 0 Å². The normalized spacial score (nSPS) is 13.0. The highest BCUT2D eigenvalue weighted by Gasteiger charge is 2.05. The van der Waals surface area contributed by atoms with Gasteiger partial charge in [0, 0.05) is 5.69 Å². The van der Waals surface area contributed by atoms with Gasteiger partial charge in [0.25, 0.3) is 0 Å². The van der Waals surface area contributed by atoms with Crippen LogP contribution in [0.15, 0.2) is 24.3 Å². The summed E-state index contributed by atoms with van der Waals surface area (Å²) >= 11 is 0. The largest absolute Gasteiger partial charge is 0.399 e. The van der Waals surface area contributed by atoms with E-state index in [1.807, 2.05) is 45.0 Å². The standard InChI is InChI=1S/C13H21NO2/c1-10(2)15-7-8-16-11(3)12-5-4-6-13(14)9-12/h4-6,9-11H,7-8,14H2,1-3H3. The summed E-state index contributed by atoms with van der Waals surface area (Å²) in [5.41, 5.74) is 7.58. The molecule has 0 aromatic heterocycles. The zero-order valence-corrected chi connectivity index (χ0v) is 10.3. The Hall–Kier alpha value is -1.06. The Labute approximate surface area is 97.6 Å². The highest BCUT2D eigenvalue weighted by Crippen LogP contribution is 2.18. The molecule has 0 bridgehead atoms. The van der Waals surface area contributed by atoms with E-state index < -0.39 is 0 Å². The molecular weight excluding hydrogens is 202 g/mol. The third-order valence-electron chi connectivity index (χ3n) is 2.28. The molecule has 1 atom stereocenters. The predicted octanol–water partition coefficient (Wildman–Crippen LogP) is 2.77. The smallest absolute Gasteiger partial charge is 0.0798 e. The van der Waals surface area contributed by atoms with Crippen molar-refractivity contribution in [3.63, 3.8) is 0 Å². The minimum absolute atomic E-state index is 0.0549. The summed E-state index contributed by atoms with van der Waals surface area (Å²) in [4.78, 5) is 0. The first-order chi connectivity index (χ1) is 7.59. The molecule has 2 N–H and O–H groups in total. The van der Waals surface area contributed by atoms with Crippen molar-refractivity contribution in [2.24, 2.45) is 0 Å². The molecule has 1 unspecified atom stereocenters. The van der Waals surface area contributed by atoms with Gasteiger partial charge in [0.2, 0.25) is 0 Å². The van der Waals surface area contributed by atoms with Gasteiger partial charge in [0.1, 0.15) is 0 Å². The molecule has 90 valence electrons. The van der Waals surface area contributed by atoms with E-state index in [9.17, 15) is 0 Å². The van der Waals surface area contributed by atoms with Crippen LogP contribution in [0.2, 0.25) is 0 Å². The van der Waals surface area contributed by atoms with E-state index >= 15 is 0 Å². The Bertz CT molecular complexity index is 313. The number of rotatable bonds is 6. The minimum Gasteiger partial charge on any atom is -0.399 e. The van der Waals surface area contributed by atoms with Crippen molar-refractivity contribution >= 4 is 5.69 Å². The molecule has 16 heavy (non-hydrogen) atoms. The second kappa shape index (κ2) is 6.51. The maximum Gasteiger partial charge on any atom is 0.0798 e. The molecule has 0 aliphatic heterocycles. The van der Waals surface area contributed by atoms with Crippen LogP contribution in [0.25, 0.3) is 0 Å². The van der Waals surface area contributed by atoms with Crippen molar-refractivity contribution in [3.05, 3.63) is 29.8 Å². The lowest BCUT2D eigenvalue weighted by atomic mass is 10.1. The third kappa shape index (κ3) is 4.64. The van der Waals surface area contributed by atoms with Gasteiger partial charge in [0.05, 0.1) is 25.4 Å². The van der Waals surface area contributed by atoms with E-state index in [1.165, 1.54) is 0 Å². The molecule has 3 nitrogen and oxygen atoms in total. The van der Waals surface area contributed by atoms with Crippen LogP contribution in [0.5, 0.6) is 0 Å². The summed E-state index contributed by atoms with van der Waals surface area (Å²) < 4.78 is 11.1. The Kier molecular flexibility index (Phi) is 5.29. The Balaban J connectivity index is 2.32. The van der Waals surface area contributed by atoms with Gasteiger partial charge in [-0.1, -0.05) is 12.1 Å². The second-order valence-electron chi connectivity index (χ2n) is 4.10. The molecule has 1 aromatic carbocycles. The SMILES string of the molecule is CC(C)OCCOC(C)c1cccc(N)c1. The van der Waals surface area contributed by atoms with Crippen LogP contribution < -0.4 is 5.73 Å². The van der Waals surface area contributed by atoms with E-state index in [4.69, 9.17) is 15.2 Å². The first-order valence-corrected chi connectivity index (χ1v) is 5.68. The summed E-state index contributed by atoms with van der Waals surface area (Å²) in [5.74, 6) is 0. The number of hydrogen-bond donors (Lipinski definition) is 1. The van der Waals surface area contributed by atoms with Crippen molar-refractivity contribution in [1.82, 2.24) is 0 Å². The fourth-order valence-electron chi connectivity index (χ4n) is 1.42. The molecule has 0 amide bonds. The summed E-state index contributed by atoms with van der Waals surface area (Å²) in [6.45, 7) is 7.28. The van der Waals surface area contributed by atoms with Gasteiger partial charge in [-0.15, -0.1) is 0 Å². The summed E-state index contributed by atoms with van der Waals surface area (Å²) in [7, 11) is 0. The van der Waals surface area contributed by atoms with Crippen molar-refractivity contribution in [2.75, 3.05) is 18.9 Å². The van der Waals surface area contributed by atoms with Crippen LogP contribution in [0, 0.1) is 0 Å². The van der Waals surface area contributed by atoms with Gasteiger partial charge in [-0.2, -0.15) is 0 Å². The van der Waals surface area contributed by atoms with Crippen LogP contribution >= 0.6 is 0 Å². The fraction of sp³-hybridized carbons (Fsp3) is 0.538. The number of anilines is 1. The summed E-state index contributed by atoms with van der Waals surface area (Å²) in [6, 6.07) is 7.77. The van der Waals surface area contributed by atoms with Crippen LogP contribution in [-0.4, -0.2) is 19.3 Å². The average Bonchev–Trinajstić information content (AvgIpc) is 2.24. The second-order valence-corrected chi connectivity index (χ2v) is 4.10. The minimum atomic E-state index is 0.0549. The van der Waals surface area contributed by atoms with E-state index in [1.54, 1.807) is 0 Å². The molecule has 0 aliphatic rings. The number of ether oxygens (including phenoxy) is 2. The maximum atomic E-state index is 5.71. The number of nitrogens with two attached hydrogens (primary N) is 1. The molecule has 0 fully saturated rings. The lowest BCUT2D eigenvalue weighted by Crippen LogP contribution is -2.11. The van der Waals surface area contributed by atoms with E-state index in [-0.39, 0.29) is 12.2 Å². The quantitative estimate of drug-likeness (QED) is 0.595. The topological polar surface area (TPSA) is 44.5 Å². The first-order valence-electron chi connectivity index (χ1n) is 5.68. The van der Waals surface area contributed by atoms with Gasteiger partial charge in [-0.05, 0) is 38.5 Å². The molecular formula is C13H21NO2. The zero-order valence-electron chi connectivity index (χ0n) is 10.3. The summed E-state index contributed by atoms with van der Waals surface area (Å²) in [6.07, 6.45) is 0.311. The maximum absolute atomic E-state index is 5.71. The van der Waals surface area contributed by atoms with Gasteiger partial charge in [-0.25, -0.2) is 0 Å². The van der Waals surface area contributed by atoms with E-state index in [0.29, 0.717) is 13.2 Å². The van der Waals surface area contributed by atoms with Crippen LogP contribution in [0.1, 0.15) is 32.4 Å². The lowest BCUT2D eigenvalue weighted by Gasteiger charge is -2.14. The van der Waals surface area contributed by atoms with Crippen molar-refractivity contribution in [3.8, 4) is 0 Å². The lowest BCUT2D eigenvalue weighted by molar-refractivity contribution is -0.00737. The zero-order chi connectivity index (χ0) is 12.0. The Morgan fingerprint density at radius 2 is 1.81 bits per heavy atom. The number of hydrogen-bond acceptors (Lipinski definition) is 3. The van der Waals surface area contributed by atoms with Crippen molar-refractivity contribution < 1.29 is 9.47 Å². The number of nitrogen functional groups attached to an aromatic ring is 1. The first kappa shape index (κ1) is 13.0. The van der Waals surface area contributed by atoms with Gasteiger partial charge < -0.3 is 15.2 Å². The van der Waals surface area contributed by atoms with E-state index in [0.717, 1.165) is 11.3 Å². The fourth-order valence-corrected chi connectivity index (χ4v) is 1.42. The third-order valence-corrected chi connectivity index (χ3v) is 2.28. The molecule has 1 aromatic rings. The van der Waals surface area contributed by atoms with E-state index in [2.05, 4.69) is 0 Å². The predicted molar refractivity (Wildman–Crippen MR) is 66.3 cm³/mol. The number of benzene rings is 1. The molecule has 0 radical (unpaired) electrons. The molecule has 0 saturated heterocycles. The van der Waals surface area contributed by atoms with Gasteiger partial charge in [0.15, 0.2) is 0 Å². The molecule has 1 rings (SSSR count). The molecule has 0 heterocycles. The molecule has 3 heteroatoms.